The molecular weight excluding hydrogens is 294 g/mol. The predicted molar refractivity (Wildman–Crippen MR) is 83.2 cm³/mol. The Kier molecular flexibility index (Phi) is 4.02. The van der Waals surface area contributed by atoms with Gasteiger partial charge in [0.05, 0.1) is 24.4 Å². The molecule has 0 bridgehead atoms. The van der Waals surface area contributed by atoms with Crippen LogP contribution in [0.15, 0.2) is 24.7 Å². The molecule has 7 heteroatoms. The molecule has 2 aromatic rings. The van der Waals surface area contributed by atoms with Crippen LogP contribution < -0.4 is 0 Å². The highest BCUT2D eigenvalue weighted by atomic mass is 16.2. The first-order valence-electron chi connectivity index (χ1n) is 7.80. The zero-order valence-corrected chi connectivity index (χ0v) is 13.6. The van der Waals surface area contributed by atoms with E-state index in [0.29, 0.717) is 6.42 Å². The van der Waals surface area contributed by atoms with Crippen LogP contribution in [0.4, 0.5) is 0 Å². The van der Waals surface area contributed by atoms with Gasteiger partial charge in [0, 0.05) is 31.9 Å². The summed E-state index contributed by atoms with van der Waals surface area (Å²) in [6.07, 6.45) is 6.31. The van der Waals surface area contributed by atoms with Crippen LogP contribution in [-0.4, -0.2) is 36.3 Å². The molecule has 0 aromatic carbocycles. The third kappa shape index (κ3) is 3.18. The number of rotatable bonds is 5. The fourth-order valence-corrected chi connectivity index (χ4v) is 2.85. The van der Waals surface area contributed by atoms with E-state index in [1.165, 1.54) is 4.90 Å². The molecule has 0 radical (unpaired) electrons. The summed E-state index contributed by atoms with van der Waals surface area (Å²) < 4.78 is 3.53. The minimum atomic E-state index is -0.293. The molecule has 1 fully saturated rings. The molecule has 0 saturated carbocycles. The zero-order chi connectivity index (χ0) is 16.6. The van der Waals surface area contributed by atoms with Crippen molar-refractivity contribution in [1.82, 2.24) is 24.5 Å². The van der Waals surface area contributed by atoms with Gasteiger partial charge in [0.25, 0.3) is 0 Å². The lowest BCUT2D eigenvalue weighted by Crippen LogP contribution is -2.30. The van der Waals surface area contributed by atoms with Crippen LogP contribution in [-0.2, 0) is 29.6 Å². The number of carbonyl (C=O) groups excluding carboxylic acids is 2. The normalized spacial score (nSPS) is 18.4. The molecule has 0 N–H and O–H groups in total. The van der Waals surface area contributed by atoms with E-state index in [9.17, 15) is 9.59 Å². The van der Waals surface area contributed by atoms with E-state index in [-0.39, 0.29) is 36.7 Å². The summed E-state index contributed by atoms with van der Waals surface area (Å²) in [5.41, 5.74) is 1.71. The highest BCUT2D eigenvalue weighted by Gasteiger charge is 2.38. The monoisotopic (exact) mass is 315 g/mol. The average molecular weight is 315 g/mol. The summed E-state index contributed by atoms with van der Waals surface area (Å²) in [6.45, 7) is 4.32. The van der Waals surface area contributed by atoms with Crippen molar-refractivity contribution in [3.63, 3.8) is 0 Å². The number of hydrogen-bond donors (Lipinski definition) is 0. The first-order chi connectivity index (χ1) is 10.9. The van der Waals surface area contributed by atoms with Crippen LogP contribution in [0.3, 0.4) is 0 Å². The number of aryl methyl sites for hydroxylation is 1. The van der Waals surface area contributed by atoms with Crippen LogP contribution in [0.25, 0.3) is 0 Å². The lowest BCUT2D eigenvalue weighted by molar-refractivity contribution is -0.140. The van der Waals surface area contributed by atoms with Crippen LogP contribution in [0.1, 0.15) is 37.6 Å². The Hall–Kier alpha value is -2.44. The number of hydrogen-bond acceptors (Lipinski definition) is 4. The average Bonchev–Trinajstić information content (AvgIpc) is 3.17. The quantitative estimate of drug-likeness (QED) is 0.780. The lowest BCUT2D eigenvalue weighted by Gasteiger charge is -2.13. The number of imide groups is 1. The van der Waals surface area contributed by atoms with Crippen molar-refractivity contribution in [2.75, 3.05) is 0 Å². The molecule has 3 heterocycles. The highest BCUT2D eigenvalue weighted by molar-refractivity contribution is 6.03. The molecule has 1 saturated heterocycles. The molecule has 0 aliphatic carbocycles. The van der Waals surface area contributed by atoms with Crippen molar-refractivity contribution in [2.24, 2.45) is 13.0 Å². The van der Waals surface area contributed by atoms with Gasteiger partial charge in [0.1, 0.15) is 0 Å². The second-order valence-corrected chi connectivity index (χ2v) is 6.33. The van der Waals surface area contributed by atoms with Gasteiger partial charge in [-0.3, -0.25) is 23.9 Å². The van der Waals surface area contributed by atoms with E-state index in [4.69, 9.17) is 0 Å². The van der Waals surface area contributed by atoms with E-state index in [1.54, 1.807) is 10.9 Å². The molecule has 0 spiro atoms. The van der Waals surface area contributed by atoms with Crippen molar-refractivity contribution in [3.05, 3.63) is 35.9 Å². The molecule has 23 heavy (non-hydrogen) atoms. The summed E-state index contributed by atoms with van der Waals surface area (Å²) in [5, 5.41) is 8.51. The SMILES string of the molecule is CC(C)n1ccc(CN2C(=O)C[C@H](Cc3cnn(C)c3)C2=O)n1. The molecule has 3 rings (SSSR count). The van der Waals surface area contributed by atoms with E-state index < -0.39 is 0 Å². The maximum Gasteiger partial charge on any atom is 0.233 e. The Morgan fingerprint density at radius 3 is 2.74 bits per heavy atom. The van der Waals surface area contributed by atoms with Gasteiger partial charge in [-0.05, 0) is 31.9 Å². The van der Waals surface area contributed by atoms with Crippen molar-refractivity contribution in [1.29, 1.82) is 0 Å². The predicted octanol–water partition coefficient (Wildman–Crippen LogP) is 1.32. The summed E-state index contributed by atoms with van der Waals surface area (Å²) >= 11 is 0. The van der Waals surface area contributed by atoms with Crippen molar-refractivity contribution < 1.29 is 9.59 Å². The fourth-order valence-electron chi connectivity index (χ4n) is 2.85. The smallest absolute Gasteiger partial charge is 0.233 e. The maximum atomic E-state index is 12.5. The topological polar surface area (TPSA) is 73.0 Å². The van der Waals surface area contributed by atoms with Gasteiger partial charge >= 0.3 is 0 Å². The Balaban J connectivity index is 1.68. The zero-order valence-electron chi connectivity index (χ0n) is 13.6. The Morgan fingerprint density at radius 1 is 1.35 bits per heavy atom. The molecule has 122 valence electrons. The second kappa shape index (κ2) is 5.98. The van der Waals surface area contributed by atoms with E-state index in [1.807, 2.05) is 44.0 Å². The van der Waals surface area contributed by atoms with E-state index in [0.717, 1.165) is 11.3 Å². The molecule has 2 aromatic heterocycles. The summed E-state index contributed by atoms with van der Waals surface area (Å²) in [4.78, 5) is 26.0. The van der Waals surface area contributed by atoms with Crippen molar-refractivity contribution in [3.8, 4) is 0 Å². The van der Waals surface area contributed by atoms with Crippen molar-refractivity contribution in [2.45, 2.75) is 39.3 Å². The third-order valence-electron chi connectivity index (χ3n) is 4.09. The van der Waals surface area contributed by atoms with Crippen LogP contribution in [0, 0.1) is 5.92 Å². The van der Waals surface area contributed by atoms with Crippen LogP contribution in [0.5, 0.6) is 0 Å². The van der Waals surface area contributed by atoms with Gasteiger partial charge in [-0.2, -0.15) is 10.2 Å². The van der Waals surface area contributed by atoms with Gasteiger partial charge in [0.15, 0.2) is 0 Å². The number of carbonyl (C=O) groups is 2. The minimum absolute atomic E-state index is 0.113. The van der Waals surface area contributed by atoms with Gasteiger partial charge in [-0.25, -0.2) is 0 Å². The minimum Gasteiger partial charge on any atom is -0.276 e. The summed E-state index contributed by atoms with van der Waals surface area (Å²) in [6, 6.07) is 2.11. The van der Waals surface area contributed by atoms with E-state index in [2.05, 4.69) is 10.2 Å². The first-order valence-corrected chi connectivity index (χ1v) is 7.80. The summed E-state index contributed by atoms with van der Waals surface area (Å²) in [7, 11) is 1.84. The molecule has 2 amide bonds. The Bertz CT molecular complexity index is 730. The molecule has 1 aliphatic heterocycles. The maximum absolute atomic E-state index is 12.5. The number of nitrogens with zero attached hydrogens (tertiary/aromatic N) is 5. The van der Waals surface area contributed by atoms with Gasteiger partial charge < -0.3 is 0 Å². The molecule has 1 aliphatic rings. The third-order valence-corrected chi connectivity index (χ3v) is 4.09. The Labute approximate surface area is 134 Å². The van der Waals surface area contributed by atoms with Gasteiger partial charge in [0.2, 0.25) is 11.8 Å². The fraction of sp³-hybridized carbons (Fsp3) is 0.500. The van der Waals surface area contributed by atoms with Crippen molar-refractivity contribution >= 4 is 11.8 Å². The summed E-state index contributed by atoms with van der Waals surface area (Å²) in [5.74, 6) is -0.528. The molecule has 7 nitrogen and oxygen atoms in total. The van der Waals surface area contributed by atoms with Gasteiger partial charge in [-0.15, -0.1) is 0 Å². The molecule has 1 atom stereocenters. The second-order valence-electron chi connectivity index (χ2n) is 6.33. The first kappa shape index (κ1) is 15.5. The lowest BCUT2D eigenvalue weighted by atomic mass is 10.0. The molecule has 0 unspecified atom stereocenters. The largest absolute Gasteiger partial charge is 0.276 e. The Morgan fingerprint density at radius 2 is 2.13 bits per heavy atom. The van der Waals surface area contributed by atoms with Gasteiger partial charge in [-0.1, -0.05) is 0 Å². The number of aromatic nitrogens is 4. The van der Waals surface area contributed by atoms with Crippen LogP contribution in [0.2, 0.25) is 0 Å². The van der Waals surface area contributed by atoms with Crippen LogP contribution >= 0.6 is 0 Å². The van der Waals surface area contributed by atoms with E-state index >= 15 is 0 Å². The molecular formula is C16H21N5O2. The number of likely N-dealkylation sites (tertiary alicyclic amines) is 1. The standard InChI is InChI=1S/C16H21N5O2/c1-11(2)21-5-4-14(18-21)10-20-15(22)7-13(16(20)23)6-12-8-17-19(3)9-12/h4-5,8-9,11,13H,6-7,10H2,1-3H3/t13-/m0/s1. The number of amides is 2. The highest BCUT2D eigenvalue weighted by Crippen LogP contribution is 2.25.